The Hall–Kier alpha value is -2.95. The minimum atomic E-state index is -0.733. The number of fused-ring (bicyclic) bond motifs is 1. The lowest BCUT2D eigenvalue weighted by molar-refractivity contribution is -0.152. The zero-order chi connectivity index (χ0) is 21.5. The van der Waals surface area contributed by atoms with Crippen LogP contribution in [0.3, 0.4) is 0 Å². The molecule has 11 heteroatoms. The third-order valence-electron chi connectivity index (χ3n) is 5.16. The number of carbonyl (C=O) groups excluding carboxylic acids is 2. The van der Waals surface area contributed by atoms with Gasteiger partial charge in [-0.05, 0) is 19.4 Å². The lowest BCUT2D eigenvalue weighted by Crippen LogP contribution is -2.68. The molecule has 158 valence electrons. The second kappa shape index (κ2) is 7.71. The Balaban J connectivity index is 1.53. The fourth-order valence-electron chi connectivity index (χ4n) is 3.82. The molecule has 30 heavy (non-hydrogen) atoms. The average molecular weight is 429 g/mol. The molecule has 10 nitrogen and oxygen atoms in total. The van der Waals surface area contributed by atoms with Crippen molar-refractivity contribution in [3.05, 3.63) is 41.7 Å². The van der Waals surface area contributed by atoms with Gasteiger partial charge >= 0.3 is 0 Å². The van der Waals surface area contributed by atoms with Crippen molar-refractivity contribution in [1.29, 1.82) is 0 Å². The van der Waals surface area contributed by atoms with Crippen LogP contribution >= 0.6 is 11.8 Å². The molecule has 2 saturated heterocycles. The van der Waals surface area contributed by atoms with Gasteiger partial charge in [-0.1, -0.05) is 35.5 Å². The summed E-state index contributed by atoms with van der Waals surface area (Å²) in [4.78, 5) is 34.0. The van der Waals surface area contributed by atoms with E-state index in [9.17, 15) is 9.59 Å². The topological polar surface area (TPSA) is 119 Å². The first-order chi connectivity index (χ1) is 14.3. The van der Waals surface area contributed by atoms with E-state index in [0.29, 0.717) is 5.82 Å². The largest absolute Gasteiger partial charge is 0.369 e. The summed E-state index contributed by atoms with van der Waals surface area (Å²) >= 11 is 1.63. The molecule has 2 aromatic rings. The number of benzene rings is 1. The van der Waals surface area contributed by atoms with Gasteiger partial charge < -0.3 is 15.1 Å². The molecule has 2 fully saturated rings. The molecule has 2 aliphatic heterocycles. The number of β-lactam (4-membered cyclic amide) rings is 1. The van der Waals surface area contributed by atoms with Crippen molar-refractivity contribution in [2.45, 2.75) is 42.1 Å². The highest BCUT2D eigenvalue weighted by Crippen LogP contribution is 2.56. The van der Waals surface area contributed by atoms with Gasteiger partial charge in [0, 0.05) is 18.8 Å². The Morgan fingerprint density at radius 1 is 1.37 bits per heavy atom. The number of hydrogen-bond acceptors (Lipinski definition) is 7. The molecule has 2 amide bonds. The van der Waals surface area contributed by atoms with E-state index in [1.165, 1.54) is 0 Å². The number of aromatic amines is 1. The van der Waals surface area contributed by atoms with E-state index in [1.54, 1.807) is 27.9 Å². The minimum absolute atomic E-state index is 0.148. The zero-order valence-electron chi connectivity index (χ0n) is 17.2. The number of H-pyrrole nitrogens is 1. The van der Waals surface area contributed by atoms with Gasteiger partial charge in [0.2, 0.25) is 11.8 Å². The maximum Gasteiger partial charge on any atom is 0.250 e. The second-order valence-corrected chi connectivity index (χ2v) is 9.83. The molecule has 1 aromatic heterocycles. The number of carbonyl (C=O) groups is 2. The molecule has 0 spiro atoms. The number of aromatic nitrogens is 4. The van der Waals surface area contributed by atoms with Crippen LogP contribution in [0, 0.1) is 0 Å². The third-order valence-corrected chi connectivity index (χ3v) is 6.73. The molecule has 2 N–H and O–H groups in total. The molecular formula is C19H24N8O2S. The smallest absolute Gasteiger partial charge is 0.250 e. The molecule has 0 aliphatic carbocycles. The second-order valence-electron chi connectivity index (χ2n) is 8.06. The number of aliphatic imine (C=N–C) groups is 1. The molecule has 2 aliphatic rings. The molecule has 4 rings (SSSR count). The van der Waals surface area contributed by atoms with Crippen LogP contribution in [-0.4, -0.2) is 78.8 Å². The van der Waals surface area contributed by atoms with Crippen molar-refractivity contribution in [2.24, 2.45) is 4.99 Å². The number of rotatable bonds is 6. The van der Waals surface area contributed by atoms with Crippen molar-refractivity contribution in [1.82, 2.24) is 35.7 Å². The fourth-order valence-corrected chi connectivity index (χ4v) is 5.45. The lowest BCUT2D eigenvalue weighted by Gasteiger charge is -2.44. The van der Waals surface area contributed by atoms with Crippen LogP contribution in [0.2, 0.25) is 0 Å². The summed E-state index contributed by atoms with van der Waals surface area (Å²) < 4.78 is -0.314. The Kier molecular flexibility index (Phi) is 5.22. The standard InChI is InChI=1S/C19H24N8O2S/c1-19(2)14(15-22-24-25-23-15)27-17(29)13(18(27)30-19)21-16(28)12(20-10-26(3)4)11-8-6-5-7-9-11/h5-10,12-14,18H,1-4H3,(H,21,28)(H,22,23,24,25)/t12-,13?,14?,18-/m1/s1. The molecule has 4 atom stereocenters. The maximum atomic E-state index is 13.1. The Morgan fingerprint density at radius 3 is 2.73 bits per heavy atom. The molecule has 0 bridgehead atoms. The van der Waals surface area contributed by atoms with Gasteiger partial charge in [0.25, 0.3) is 0 Å². The summed E-state index contributed by atoms with van der Waals surface area (Å²) in [6.07, 6.45) is 1.60. The number of nitrogens with zero attached hydrogens (tertiary/aromatic N) is 6. The predicted octanol–water partition coefficient (Wildman–Crippen LogP) is 0.751. The van der Waals surface area contributed by atoms with Crippen LogP contribution in [0.15, 0.2) is 35.3 Å². The highest BCUT2D eigenvalue weighted by atomic mass is 32.2. The summed E-state index contributed by atoms with van der Waals surface area (Å²) in [7, 11) is 3.68. The monoisotopic (exact) mass is 428 g/mol. The summed E-state index contributed by atoms with van der Waals surface area (Å²) in [5, 5.41) is 17.0. The van der Waals surface area contributed by atoms with Gasteiger partial charge in [0.1, 0.15) is 17.5 Å². The molecule has 2 unspecified atom stereocenters. The SMILES string of the molecule is CN(C)C=N[C@@H](C(=O)NC1C(=O)N2C(c3nn[nH]n3)C(C)(C)S[C@H]12)c1ccccc1. The van der Waals surface area contributed by atoms with E-state index < -0.39 is 12.1 Å². The minimum Gasteiger partial charge on any atom is -0.369 e. The van der Waals surface area contributed by atoms with E-state index >= 15 is 0 Å². The Labute approximate surface area is 178 Å². The number of amides is 2. The third kappa shape index (κ3) is 3.53. The van der Waals surface area contributed by atoms with Crippen molar-refractivity contribution >= 4 is 29.9 Å². The van der Waals surface area contributed by atoms with Gasteiger partial charge in [-0.15, -0.1) is 22.0 Å². The number of thioether (sulfide) groups is 1. The van der Waals surface area contributed by atoms with Crippen LogP contribution in [0.25, 0.3) is 0 Å². The highest BCUT2D eigenvalue weighted by Gasteiger charge is 2.63. The van der Waals surface area contributed by atoms with Crippen LogP contribution in [0.4, 0.5) is 0 Å². The normalized spacial score (nSPS) is 25.7. The molecular weight excluding hydrogens is 404 g/mol. The van der Waals surface area contributed by atoms with Gasteiger partial charge in [0.05, 0.1) is 6.34 Å². The summed E-state index contributed by atoms with van der Waals surface area (Å²) in [5.74, 6) is 0.0224. The van der Waals surface area contributed by atoms with Crippen molar-refractivity contribution in [3.63, 3.8) is 0 Å². The molecule has 0 saturated carbocycles. The van der Waals surface area contributed by atoms with Crippen molar-refractivity contribution < 1.29 is 9.59 Å². The quantitative estimate of drug-likeness (QED) is 0.396. The maximum absolute atomic E-state index is 13.1. The lowest BCUT2D eigenvalue weighted by atomic mass is 9.95. The Morgan fingerprint density at radius 2 is 2.10 bits per heavy atom. The van der Waals surface area contributed by atoms with Gasteiger partial charge in [-0.3, -0.25) is 14.6 Å². The van der Waals surface area contributed by atoms with E-state index in [1.807, 2.05) is 58.3 Å². The zero-order valence-corrected chi connectivity index (χ0v) is 18.0. The van der Waals surface area contributed by atoms with Crippen LogP contribution in [-0.2, 0) is 9.59 Å². The highest BCUT2D eigenvalue weighted by molar-refractivity contribution is 8.01. The van der Waals surface area contributed by atoms with Crippen LogP contribution in [0.1, 0.15) is 37.3 Å². The van der Waals surface area contributed by atoms with E-state index in [4.69, 9.17) is 0 Å². The first-order valence-electron chi connectivity index (χ1n) is 9.58. The number of hydrogen-bond donors (Lipinski definition) is 2. The Bertz CT molecular complexity index is 947. The van der Waals surface area contributed by atoms with Crippen LogP contribution < -0.4 is 5.32 Å². The first kappa shape index (κ1) is 20.3. The molecule has 1 aromatic carbocycles. The molecule has 3 heterocycles. The summed E-state index contributed by atoms with van der Waals surface area (Å²) in [6, 6.07) is 7.67. The van der Waals surface area contributed by atoms with Crippen molar-refractivity contribution in [3.8, 4) is 0 Å². The number of nitrogens with one attached hydrogen (secondary N) is 2. The predicted molar refractivity (Wildman–Crippen MR) is 113 cm³/mol. The van der Waals surface area contributed by atoms with E-state index in [2.05, 4.69) is 30.9 Å². The average Bonchev–Trinajstić information content (AvgIpc) is 3.31. The van der Waals surface area contributed by atoms with E-state index in [0.717, 1.165) is 5.56 Å². The first-order valence-corrected chi connectivity index (χ1v) is 10.5. The van der Waals surface area contributed by atoms with Gasteiger partial charge in [0.15, 0.2) is 11.9 Å². The van der Waals surface area contributed by atoms with Crippen molar-refractivity contribution in [2.75, 3.05) is 14.1 Å². The van der Waals surface area contributed by atoms with Gasteiger partial charge in [-0.2, -0.15) is 5.21 Å². The van der Waals surface area contributed by atoms with Gasteiger partial charge in [-0.25, -0.2) is 0 Å². The molecule has 0 radical (unpaired) electrons. The number of tetrazole rings is 1. The van der Waals surface area contributed by atoms with E-state index in [-0.39, 0.29) is 28.0 Å². The summed E-state index contributed by atoms with van der Waals surface area (Å²) in [5.41, 5.74) is 0.765. The fraction of sp³-hybridized carbons (Fsp3) is 0.474. The van der Waals surface area contributed by atoms with Crippen LogP contribution in [0.5, 0.6) is 0 Å². The summed E-state index contributed by atoms with van der Waals surface area (Å²) in [6.45, 7) is 4.08.